The summed E-state index contributed by atoms with van der Waals surface area (Å²) in [7, 11) is 4.86. The molecule has 2 atom stereocenters. The predicted molar refractivity (Wildman–Crippen MR) is 94.7 cm³/mol. The molecule has 2 heterocycles. The molecule has 7 nitrogen and oxygen atoms in total. The maximum atomic E-state index is 12.8. The summed E-state index contributed by atoms with van der Waals surface area (Å²) in [4.78, 5) is 26.2. The molecule has 1 aromatic heterocycles. The Morgan fingerprint density at radius 3 is 2.46 bits per heavy atom. The minimum atomic E-state index is -0.929. The Morgan fingerprint density at radius 2 is 1.88 bits per heavy atom. The lowest BCUT2D eigenvalue weighted by Crippen LogP contribution is -2.31. The quantitative estimate of drug-likeness (QED) is 0.884. The van der Waals surface area contributed by atoms with Gasteiger partial charge in [-0.3, -0.25) is 9.59 Å². The number of rotatable bonds is 5. The van der Waals surface area contributed by atoms with E-state index in [0.29, 0.717) is 23.7 Å². The number of methoxy groups -OCH3 is 2. The van der Waals surface area contributed by atoms with Crippen LogP contribution in [0, 0.1) is 5.92 Å². The van der Waals surface area contributed by atoms with E-state index in [1.54, 1.807) is 47.0 Å². The molecule has 1 fully saturated rings. The molecule has 1 N–H and O–H groups in total. The highest BCUT2D eigenvalue weighted by Gasteiger charge is 2.42. The van der Waals surface area contributed by atoms with Gasteiger partial charge >= 0.3 is 5.97 Å². The van der Waals surface area contributed by atoms with Crippen LogP contribution >= 0.6 is 0 Å². The number of aryl methyl sites for hydroxylation is 1. The van der Waals surface area contributed by atoms with E-state index in [0.717, 1.165) is 5.56 Å². The number of carbonyl (C=O) groups is 2. The number of carboxylic acids is 1. The van der Waals surface area contributed by atoms with Crippen LogP contribution in [-0.2, 0) is 11.8 Å². The van der Waals surface area contributed by atoms with E-state index < -0.39 is 11.9 Å². The molecule has 0 bridgehead atoms. The topological polar surface area (TPSA) is 81.0 Å². The summed E-state index contributed by atoms with van der Waals surface area (Å²) in [5, 5.41) is 9.70. The van der Waals surface area contributed by atoms with Crippen LogP contribution in [0.15, 0.2) is 36.5 Å². The molecule has 1 aliphatic rings. The molecule has 0 spiro atoms. The number of carbonyl (C=O) groups excluding carboxylic acids is 1. The number of likely N-dealkylation sites (tertiary alicyclic amines) is 1. The smallest absolute Gasteiger partial charge is 0.308 e. The third kappa shape index (κ3) is 3.00. The minimum absolute atomic E-state index is 0.157. The highest BCUT2D eigenvalue weighted by molar-refractivity contribution is 5.93. The van der Waals surface area contributed by atoms with Crippen molar-refractivity contribution < 1.29 is 24.2 Å². The molecule has 2 aromatic rings. The Morgan fingerprint density at radius 1 is 1.12 bits per heavy atom. The summed E-state index contributed by atoms with van der Waals surface area (Å²) in [5.74, 6) is -1.13. The molecule has 1 aromatic carbocycles. The zero-order valence-electron chi connectivity index (χ0n) is 15.0. The summed E-state index contributed by atoms with van der Waals surface area (Å²) >= 11 is 0. The van der Waals surface area contributed by atoms with Crippen molar-refractivity contribution in [2.45, 2.75) is 5.92 Å². The number of benzene rings is 1. The van der Waals surface area contributed by atoms with E-state index in [4.69, 9.17) is 9.47 Å². The Labute approximate surface area is 151 Å². The summed E-state index contributed by atoms with van der Waals surface area (Å²) < 4.78 is 12.5. The SMILES string of the molecule is COc1cccc([C@@H]2CN(C(=O)c3cccn3C)C[C@H]2C(=O)O)c1OC. The zero-order valence-corrected chi connectivity index (χ0v) is 15.0. The first-order valence-electron chi connectivity index (χ1n) is 8.32. The standard InChI is InChI=1S/C19H22N2O5/c1-20-9-5-7-15(20)18(22)21-10-13(14(11-21)19(23)24)12-6-4-8-16(25-2)17(12)26-3/h4-9,13-14H,10-11H2,1-3H3,(H,23,24)/t13-,14+/m0/s1. The number of aliphatic carboxylic acids is 1. The van der Waals surface area contributed by atoms with Crippen LogP contribution in [0.1, 0.15) is 22.0 Å². The first kappa shape index (κ1) is 17.8. The van der Waals surface area contributed by atoms with E-state index >= 15 is 0 Å². The Kier molecular flexibility index (Phi) is 4.88. The van der Waals surface area contributed by atoms with Crippen molar-refractivity contribution in [2.75, 3.05) is 27.3 Å². The monoisotopic (exact) mass is 358 g/mol. The van der Waals surface area contributed by atoms with Crippen molar-refractivity contribution in [3.8, 4) is 11.5 Å². The van der Waals surface area contributed by atoms with Crippen molar-refractivity contribution in [1.29, 1.82) is 0 Å². The first-order chi connectivity index (χ1) is 12.5. The van der Waals surface area contributed by atoms with Gasteiger partial charge in [0.1, 0.15) is 5.69 Å². The number of aromatic nitrogens is 1. The lowest BCUT2D eigenvalue weighted by Gasteiger charge is -2.20. The molecule has 7 heteroatoms. The maximum Gasteiger partial charge on any atom is 0.308 e. The van der Waals surface area contributed by atoms with Gasteiger partial charge < -0.3 is 24.0 Å². The highest BCUT2D eigenvalue weighted by atomic mass is 16.5. The third-order valence-electron chi connectivity index (χ3n) is 4.92. The Balaban J connectivity index is 1.96. The van der Waals surface area contributed by atoms with Gasteiger partial charge in [0.05, 0.1) is 20.1 Å². The summed E-state index contributed by atoms with van der Waals surface area (Å²) in [6.07, 6.45) is 1.79. The second-order valence-corrected chi connectivity index (χ2v) is 6.35. The summed E-state index contributed by atoms with van der Waals surface area (Å²) in [6.45, 7) is 0.467. The average Bonchev–Trinajstić information content (AvgIpc) is 3.26. The van der Waals surface area contributed by atoms with E-state index in [9.17, 15) is 14.7 Å². The zero-order chi connectivity index (χ0) is 18.8. The lowest BCUT2D eigenvalue weighted by atomic mass is 9.88. The number of hydrogen-bond donors (Lipinski definition) is 1. The van der Waals surface area contributed by atoms with Gasteiger partial charge in [0.2, 0.25) is 0 Å². The van der Waals surface area contributed by atoms with Crippen LogP contribution in [-0.4, -0.2) is 53.8 Å². The maximum absolute atomic E-state index is 12.8. The fourth-order valence-electron chi connectivity index (χ4n) is 3.58. The summed E-state index contributed by atoms with van der Waals surface area (Å²) in [6, 6.07) is 8.92. The molecule has 1 saturated heterocycles. The fourth-order valence-corrected chi connectivity index (χ4v) is 3.58. The van der Waals surface area contributed by atoms with Crippen LogP contribution in [0.2, 0.25) is 0 Å². The van der Waals surface area contributed by atoms with E-state index in [1.807, 2.05) is 6.07 Å². The molecule has 138 valence electrons. The minimum Gasteiger partial charge on any atom is -0.493 e. The fraction of sp³-hybridized carbons (Fsp3) is 0.368. The molecule has 1 amide bonds. The normalized spacial score (nSPS) is 19.4. The number of hydrogen-bond acceptors (Lipinski definition) is 4. The van der Waals surface area contributed by atoms with Crippen LogP contribution in [0.5, 0.6) is 11.5 Å². The van der Waals surface area contributed by atoms with Gasteiger partial charge in [-0.05, 0) is 18.2 Å². The van der Waals surface area contributed by atoms with Gasteiger partial charge in [-0.2, -0.15) is 0 Å². The number of para-hydroxylation sites is 1. The van der Waals surface area contributed by atoms with E-state index in [1.165, 1.54) is 14.2 Å². The van der Waals surface area contributed by atoms with Gasteiger partial charge in [0, 0.05) is 37.8 Å². The van der Waals surface area contributed by atoms with Crippen molar-refractivity contribution in [2.24, 2.45) is 13.0 Å². The van der Waals surface area contributed by atoms with Crippen molar-refractivity contribution in [3.05, 3.63) is 47.8 Å². The van der Waals surface area contributed by atoms with Crippen LogP contribution in [0.3, 0.4) is 0 Å². The number of nitrogens with zero attached hydrogens (tertiary/aromatic N) is 2. The van der Waals surface area contributed by atoms with Crippen LogP contribution in [0.25, 0.3) is 0 Å². The molecule has 0 radical (unpaired) electrons. The van der Waals surface area contributed by atoms with Crippen molar-refractivity contribution >= 4 is 11.9 Å². The van der Waals surface area contributed by atoms with Gasteiger partial charge in [-0.1, -0.05) is 12.1 Å². The van der Waals surface area contributed by atoms with E-state index in [2.05, 4.69) is 0 Å². The predicted octanol–water partition coefficient (Wildman–Crippen LogP) is 1.98. The van der Waals surface area contributed by atoms with Gasteiger partial charge in [-0.15, -0.1) is 0 Å². The van der Waals surface area contributed by atoms with Gasteiger partial charge in [-0.25, -0.2) is 0 Å². The molecule has 0 aliphatic carbocycles. The van der Waals surface area contributed by atoms with Crippen molar-refractivity contribution in [1.82, 2.24) is 9.47 Å². The largest absolute Gasteiger partial charge is 0.493 e. The second-order valence-electron chi connectivity index (χ2n) is 6.35. The molecule has 3 rings (SSSR count). The Hall–Kier alpha value is -2.96. The van der Waals surface area contributed by atoms with Crippen LogP contribution in [0.4, 0.5) is 0 Å². The molecular formula is C19H22N2O5. The van der Waals surface area contributed by atoms with Gasteiger partial charge in [0.25, 0.3) is 5.91 Å². The van der Waals surface area contributed by atoms with E-state index in [-0.39, 0.29) is 18.4 Å². The molecular weight excluding hydrogens is 336 g/mol. The third-order valence-corrected chi connectivity index (χ3v) is 4.92. The Bertz CT molecular complexity index is 829. The molecule has 26 heavy (non-hydrogen) atoms. The number of carboxylic acid groups (broad SMARTS) is 1. The summed E-state index contributed by atoms with van der Waals surface area (Å²) in [5.41, 5.74) is 1.27. The first-order valence-corrected chi connectivity index (χ1v) is 8.32. The molecule has 0 unspecified atom stereocenters. The average molecular weight is 358 g/mol. The lowest BCUT2D eigenvalue weighted by molar-refractivity contribution is -0.141. The highest BCUT2D eigenvalue weighted by Crippen LogP contribution is 2.42. The number of ether oxygens (including phenoxy) is 2. The molecule has 1 aliphatic heterocycles. The number of amides is 1. The van der Waals surface area contributed by atoms with Crippen molar-refractivity contribution in [3.63, 3.8) is 0 Å². The molecule has 0 saturated carbocycles. The second kappa shape index (κ2) is 7.11. The van der Waals surface area contributed by atoms with Crippen LogP contribution < -0.4 is 9.47 Å². The van der Waals surface area contributed by atoms with Gasteiger partial charge in [0.15, 0.2) is 11.5 Å².